The molecule has 2 aromatic carbocycles. The van der Waals surface area contributed by atoms with Crippen LogP contribution in [-0.2, 0) is 21.2 Å². The minimum Gasteiger partial charge on any atom is -0.352 e. The number of carbonyl (C=O) groups is 1. The number of halogens is 1. The maximum absolute atomic E-state index is 13.0. The first-order valence-electron chi connectivity index (χ1n) is 7.60. The minimum atomic E-state index is -3.31. The lowest BCUT2D eigenvalue weighted by atomic mass is 10.1. The Morgan fingerprint density at radius 3 is 2.52 bits per heavy atom. The zero-order valence-electron chi connectivity index (χ0n) is 13.7. The van der Waals surface area contributed by atoms with Gasteiger partial charge in [0.15, 0.2) is 0 Å². The van der Waals surface area contributed by atoms with Gasteiger partial charge in [-0.2, -0.15) is 0 Å². The Kier molecular flexibility index (Phi) is 6.30. The van der Waals surface area contributed by atoms with Crippen LogP contribution in [0.1, 0.15) is 11.1 Å². The summed E-state index contributed by atoms with van der Waals surface area (Å²) in [5.41, 5.74) is 2.04. The van der Waals surface area contributed by atoms with Crippen molar-refractivity contribution >= 4 is 27.7 Å². The first-order chi connectivity index (χ1) is 11.8. The summed E-state index contributed by atoms with van der Waals surface area (Å²) in [7, 11) is -3.31. The van der Waals surface area contributed by atoms with Gasteiger partial charge in [0.05, 0.1) is 6.26 Å². The summed E-state index contributed by atoms with van der Waals surface area (Å²) in [4.78, 5) is 11.8. The fourth-order valence-corrected chi connectivity index (χ4v) is 2.69. The molecule has 0 atom stereocenters. The molecule has 0 bridgehead atoms. The van der Waals surface area contributed by atoms with Crippen molar-refractivity contribution in [2.75, 3.05) is 17.5 Å². The van der Waals surface area contributed by atoms with Gasteiger partial charge in [-0.05, 0) is 47.9 Å². The van der Waals surface area contributed by atoms with Gasteiger partial charge >= 0.3 is 0 Å². The van der Waals surface area contributed by atoms with E-state index in [2.05, 4.69) is 10.0 Å². The Morgan fingerprint density at radius 2 is 1.88 bits per heavy atom. The van der Waals surface area contributed by atoms with Gasteiger partial charge in [-0.1, -0.05) is 24.3 Å². The van der Waals surface area contributed by atoms with Gasteiger partial charge < -0.3 is 5.32 Å². The number of nitrogens with one attached hydrogen (secondary N) is 2. The van der Waals surface area contributed by atoms with Gasteiger partial charge in [-0.25, -0.2) is 12.8 Å². The molecule has 1 amide bonds. The molecule has 0 heterocycles. The van der Waals surface area contributed by atoms with E-state index in [1.165, 1.54) is 18.2 Å². The Balaban J connectivity index is 1.81. The van der Waals surface area contributed by atoms with E-state index in [0.717, 1.165) is 17.4 Å². The molecule has 0 aliphatic rings. The van der Waals surface area contributed by atoms with Crippen LogP contribution in [0.15, 0.2) is 54.6 Å². The SMILES string of the molecule is CS(=O)(=O)Nc1ccc(/C=C/C(=O)NCCc2cccc(F)c2)cc1. The molecule has 5 nitrogen and oxygen atoms in total. The molecule has 0 saturated carbocycles. The molecular weight excluding hydrogens is 343 g/mol. The van der Waals surface area contributed by atoms with Crippen molar-refractivity contribution < 1.29 is 17.6 Å². The standard InChI is InChI=1S/C18H19FN2O3S/c1-25(23,24)21-17-8-5-14(6-9-17)7-10-18(22)20-12-11-15-3-2-4-16(19)13-15/h2-10,13,21H,11-12H2,1H3,(H,20,22)/b10-7+. The molecule has 0 aliphatic heterocycles. The molecule has 0 aromatic heterocycles. The lowest BCUT2D eigenvalue weighted by molar-refractivity contribution is -0.116. The summed E-state index contributed by atoms with van der Waals surface area (Å²) in [6, 6.07) is 12.9. The van der Waals surface area contributed by atoms with Crippen LogP contribution < -0.4 is 10.0 Å². The van der Waals surface area contributed by atoms with Crippen LogP contribution in [0, 0.1) is 5.82 Å². The number of carbonyl (C=O) groups excluding carboxylic acids is 1. The number of benzene rings is 2. The van der Waals surface area contributed by atoms with Crippen molar-refractivity contribution in [1.29, 1.82) is 0 Å². The second kappa shape index (κ2) is 8.43. The van der Waals surface area contributed by atoms with E-state index in [1.54, 1.807) is 42.5 Å². The first kappa shape index (κ1) is 18.7. The van der Waals surface area contributed by atoms with Crippen LogP contribution in [0.5, 0.6) is 0 Å². The highest BCUT2D eigenvalue weighted by Gasteiger charge is 2.01. The predicted octanol–water partition coefficient (Wildman–Crippen LogP) is 2.57. The summed E-state index contributed by atoms with van der Waals surface area (Å²) in [6.45, 7) is 0.407. The van der Waals surface area contributed by atoms with Crippen LogP contribution >= 0.6 is 0 Å². The quantitative estimate of drug-likeness (QED) is 0.744. The van der Waals surface area contributed by atoms with Crippen LogP contribution in [0.25, 0.3) is 6.08 Å². The Morgan fingerprint density at radius 1 is 1.16 bits per heavy atom. The highest BCUT2D eigenvalue weighted by Crippen LogP contribution is 2.11. The number of hydrogen-bond acceptors (Lipinski definition) is 3. The molecule has 0 radical (unpaired) electrons. The minimum absolute atomic E-state index is 0.255. The normalized spacial score (nSPS) is 11.4. The van der Waals surface area contributed by atoms with Gasteiger partial charge in [0.25, 0.3) is 0 Å². The van der Waals surface area contributed by atoms with E-state index in [-0.39, 0.29) is 11.7 Å². The Labute approximate surface area is 146 Å². The zero-order chi connectivity index (χ0) is 18.3. The van der Waals surface area contributed by atoms with Gasteiger partial charge in [0.1, 0.15) is 5.82 Å². The number of amides is 1. The fraction of sp³-hybridized carbons (Fsp3) is 0.167. The number of sulfonamides is 1. The summed E-state index contributed by atoms with van der Waals surface area (Å²) in [6.07, 6.45) is 4.64. The molecule has 132 valence electrons. The Hall–Kier alpha value is -2.67. The van der Waals surface area contributed by atoms with Crippen LogP contribution in [0.2, 0.25) is 0 Å². The maximum Gasteiger partial charge on any atom is 0.244 e. The highest BCUT2D eigenvalue weighted by molar-refractivity contribution is 7.92. The summed E-state index contributed by atoms with van der Waals surface area (Å²) < 4.78 is 37.7. The number of hydrogen-bond donors (Lipinski definition) is 2. The lowest BCUT2D eigenvalue weighted by Gasteiger charge is -2.04. The van der Waals surface area contributed by atoms with Gasteiger partial charge in [0, 0.05) is 18.3 Å². The summed E-state index contributed by atoms with van der Waals surface area (Å²) in [5, 5.41) is 2.72. The van der Waals surface area contributed by atoms with E-state index in [4.69, 9.17) is 0 Å². The van der Waals surface area contributed by atoms with Gasteiger partial charge in [-0.15, -0.1) is 0 Å². The van der Waals surface area contributed by atoms with Gasteiger partial charge in [-0.3, -0.25) is 9.52 Å². The molecule has 0 spiro atoms. The third kappa shape index (κ3) is 7.17. The molecule has 7 heteroatoms. The largest absolute Gasteiger partial charge is 0.352 e. The van der Waals surface area contributed by atoms with E-state index in [0.29, 0.717) is 18.7 Å². The number of rotatable bonds is 7. The molecular formula is C18H19FN2O3S. The second-order valence-corrected chi connectivity index (χ2v) is 7.25. The van der Waals surface area contributed by atoms with Crippen molar-refractivity contribution in [3.63, 3.8) is 0 Å². The monoisotopic (exact) mass is 362 g/mol. The first-order valence-corrected chi connectivity index (χ1v) is 9.49. The molecule has 0 unspecified atom stereocenters. The molecule has 0 aliphatic carbocycles. The van der Waals surface area contributed by atoms with Crippen molar-refractivity contribution in [3.8, 4) is 0 Å². The van der Waals surface area contributed by atoms with Crippen molar-refractivity contribution in [2.24, 2.45) is 0 Å². The second-order valence-electron chi connectivity index (χ2n) is 5.50. The smallest absolute Gasteiger partial charge is 0.244 e. The zero-order valence-corrected chi connectivity index (χ0v) is 14.5. The van der Waals surface area contributed by atoms with Crippen LogP contribution in [-0.4, -0.2) is 27.1 Å². The van der Waals surface area contributed by atoms with Crippen molar-refractivity contribution in [3.05, 3.63) is 71.6 Å². The molecule has 25 heavy (non-hydrogen) atoms. The Bertz CT molecular complexity index is 862. The topological polar surface area (TPSA) is 75.3 Å². The van der Waals surface area contributed by atoms with Gasteiger partial charge in [0.2, 0.25) is 15.9 Å². The van der Waals surface area contributed by atoms with Crippen LogP contribution in [0.4, 0.5) is 10.1 Å². The average Bonchev–Trinajstić information content (AvgIpc) is 2.53. The van der Waals surface area contributed by atoms with E-state index in [1.807, 2.05) is 0 Å². The average molecular weight is 362 g/mol. The number of anilines is 1. The van der Waals surface area contributed by atoms with Crippen molar-refractivity contribution in [2.45, 2.75) is 6.42 Å². The maximum atomic E-state index is 13.0. The third-order valence-electron chi connectivity index (χ3n) is 3.24. The van der Waals surface area contributed by atoms with E-state index in [9.17, 15) is 17.6 Å². The summed E-state index contributed by atoms with van der Waals surface area (Å²) >= 11 is 0. The summed E-state index contributed by atoms with van der Waals surface area (Å²) in [5.74, 6) is -0.549. The van der Waals surface area contributed by atoms with E-state index >= 15 is 0 Å². The molecule has 2 aromatic rings. The molecule has 2 rings (SSSR count). The third-order valence-corrected chi connectivity index (χ3v) is 3.85. The molecule has 0 fully saturated rings. The molecule has 2 N–H and O–H groups in total. The fourth-order valence-electron chi connectivity index (χ4n) is 2.13. The van der Waals surface area contributed by atoms with Crippen LogP contribution in [0.3, 0.4) is 0 Å². The lowest BCUT2D eigenvalue weighted by Crippen LogP contribution is -2.23. The van der Waals surface area contributed by atoms with E-state index < -0.39 is 10.0 Å². The highest BCUT2D eigenvalue weighted by atomic mass is 32.2. The predicted molar refractivity (Wildman–Crippen MR) is 97.1 cm³/mol. The molecule has 0 saturated heterocycles. The van der Waals surface area contributed by atoms with Crippen molar-refractivity contribution in [1.82, 2.24) is 5.32 Å².